The number of aliphatic imine (C=N–C) groups is 1. The first-order valence-electron chi connectivity index (χ1n) is 8.63. The summed E-state index contributed by atoms with van der Waals surface area (Å²) in [5.41, 5.74) is 8.68. The minimum Gasteiger partial charge on any atom is -0.493 e. The molecule has 6 nitrogen and oxygen atoms in total. The van der Waals surface area contributed by atoms with E-state index in [1.165, 1.54) is 11.1 Å². The topological polar surface area (TPSA) is 63.3 Å². The Morgan fingerprint density at radius 2 is 1.76 bits per heavy atom. The fourth-order valence-electron chi connectivity index (χ4n) is 3.09. The van der Waals surface area contributed by atoms with Gasteiger partial charge in [0.2, 0.25) is 0 Å². The average molecular weight is 462 g/mol. The van der Waals surface area contributed by atoms with Crippen LogP contribution < -0.4 is 15.2 Å². The molecule has 0 aromatic heterocycles. The van der Waals surface area contributed by atoms with Crippen molar-refractivity contribution < 1.29 is 9.47 Å². The number of methoxy groups -OCH3 is 2. The van der Waals surface area contributed by atoms with Crippen molar-refractivity contribution in [2.24, 2.45) is 10.7 Å². The molecule has 25 heavy (non-hydrogen) atoms. The van der Waals surface area contributed by atoms with Crippen LogP contribution in [0.2, 0.25) is 0 Å². The van der Waals surface area contributed by atoms with Crippen molar-refractivity contribution in [3.05, 3.63) is 23.3 Å². The van der Waals surface area contributed by atoms with Gasteiger partial charge in [0.15, 0.2) is 17.5 Å². The van der Waals surface area contributed by atoms with Gasteiger partial charge in [0.25, 0.3) is 0 Å². The quantitative estimate of drug-likeness (QED) is 0.383. The Labute approximate surface area is 168 Å². The van der Waals surface area contributed by atoms with Crippen molar-refractivity contribution in [2.45, 2.75) is 26.8 Å². The summed E-state index contributed by atoms with van der Waals surface area (Å²) < 4.78 is 10.8. The maximum atomic E-state index is 6.03. The minimum absolute atomic E-state index is 0. The van der Waals surface area contributed by atoms with Crippen molar-refractivity contribution in [3.63, 3.8) is 0 Å². The Kier molecular flexibility index (Phi) is 9.34. The van der Waals surface area contributed by atoms with Gasteiger partial charge in [-0.2, -0.15) is 0 Å². The highest BCUT2D eigenvalue weighted by Gasteiger charge is 2.19. The van der Waals surface area contributed by atoms with Gasteiger partial charge in [-0.1, -0.05) is 0 Å². The van der Waals surface area contributed by atoms with Gasteiger partial charge < -0.3 is 20.1 Å². The normalized spacial score (nSPS) is 14.5. The van der Waals surface area contributed by atoms with Gasteiger partial charge in [0.05, 0.1) is 20.8 Å². The smallest absolute Gasteiger partial charge is 0.191 e. The SMILES string of the molecule is CCN(CC)C(N)=NCCN1CCc2cc(OC)c(OC)cc2C1.I. The van der Waals surface area contributed by atoms with E-state index in [4.69, 9.17) is 15.2 Å². The molecule has 1 aliphatic heterocycles. The zero-order valence-electron chi connectivity index (χ0n) is 15.7. The van der Waals surface area contributed by atoms with E-state index in [9.17, 15) is 0 Å². The monoisotopic (exact) mass is 462 g/mol. The Morgan fingerprint density at radius 3 is 2.32 bits per heavy atom. The Hall–Kier alpha value is -1.22. The van der Waals surface area contributed by atoms with Crippen LogP contribution in [0, 0.1) is 0 Å². The molecule has 142 valence electrons. The highest BCUT2D eigenvalue weighted by molar-refractivity contribution is 14.0. The van der Waals surface area contributed by atoms with E-state index in [1.54, 1.807) is 14.2 Å². The van der Waals surface area contributed by atoms with E-state index >= 15 is 0 Å². The second-order valence-electron chi connectivity index (χ2n) is 5.91. The van der Waals surface area contributed by atoms with Gasteiger partial charge >= 0.3 is 0 Å². The van der Waals surface area contributed by atoms with Gasteiger partial charge in [-0.3, -0.25) is 9.89 Å². The molecule has 0 fully saturated rings. The van der Waals surface area contributed by atoms with E-state index in [0.29, 0.717) is 5.96 Å². The van der Waals surface area contributed by atoms with Crippen molar-refractivity contribution in [2.75, 3.05) is 46.9 Å². The van der Waals surface area contributed by atoms with Crippen LogP contribution in [0.25, 0.3) is 0 Å². The number of hydrogen-bond donors (Lipinski definition) is 1. The highest BCUT2D eigenvalue weighted by atomic mass is 127. The van der Waals surface area contributed by atoms with Crippen molar-refractivity contribution in [1.29, 1.82) is 0 Å². The number of guanidine groups is 1. The Balaban J connectivity index is 0.00000312. The molecule has 0 bridgehead atoms. The molecule has 1 aromatic rings. The molecule has 1 aromatic carbocycles. The number of nitrogens with zero attached hydrogens (tertiary/aromatic N) is 3. The van der Waals surface area contributed by atoms with E-state index in [2.05, 4.69) is 40.8 Å². The van der Waals surface area contributed by atoms with E-state index in [-0.39, 0.29) is 24.0 Å². The molecule has 0 unspecified atom stereocenters. The van der Waals surface area contributed by atoms with Crippen molar-refractivity contribution in [1.82, 2.24) is 9.80 Å². The Morgan fingerprint density at radius 1 is 1.16 bits per heavy atom. The van der Waals surface area contributed by atoms with Crippen LogP contribution in [0.5, 0.6) is 11.5 Å². The van der Waals surface area contributed by atoms with Crippen LogP contribution in [-0.2, 0) is 13.0 Å². The standard InChI is InChI=1S/C18H30N4O2.HI/c1-5-22(6-2)18(19)20-8-10-21-9-7-14-11-16(23-3)17(24-4)12-15(14)13-21;/h11-12H,5-10,13H2,1-4H3,(H2,19,20);1H. The van der Waals surface area contributed by atoms with Gasteiger partial charge in [-0.15, -0.1) is 24.0 Å². The van der Waals surface area contributed by atoms with E-state index in [1.807, 2.05) is 0 Å². The fraction of sp³-hybridized carbons (Fsp3) is 0.611. The van der Waals surface area contributed by atoms with E-state index < -0.39 is 0 Å². The number of benzene rings is 1. The summed E-state index contributed by atoms with van der Waals surface area (Å²) in [5.74, 6) is 2.24. The predicted octanol–water partition coefficient (Wildman–Crippen LogP) is 2.34. The molecule has 0 amide bonds. The molecule has 2 rings (SSSR count). The molecule has 7 heteroatoms. The zero-order valence-corrected chi connectivity index (χ0v) is 18.1. The lowest BCUT2D eigenvalue weighted by molar-refractivity contribution is 0.259. The lowest BCUT2D eigenvalue weighted by Crippen LogP contribution is -2.38. The molecule has 0 radical (unpaired) electrons. The third-order valence-corrected chi connectivity index (χ3v) is 4.57. The number of fused-ring (bicyclic) bond motifs is 1. The van der Waals surface area contributed by atoms with Gasteiger partial charge in [0, 0.05) is 32.7 Å². The van der Waals surface area contributed by atoms with Crippen LogP contribution in [0.3, 0.4) is 0 Å². The first-order valence-corrected chi connectivity index (χ1v) is 8.63. The summed E-state index contributed by atoms with van der Waals surface area (Å²) in [5, 5.41) is 0. The third-order valence-electron chi connectivity index (χ3n) is 4.57. The number of rotatable bonds is 7. The maximum absolute atomic E-state index is 6.03. The highest BCUT2D eigenvalue weighted by Crippen LogP contribution is 2.33. The summed E-state index contributed by atoms with van der Waals surface area (Å²) in [7, 11) is 3.35. The summed E-state index contributed by atoms with van der Waals surface area (Å²) in [6, 6.07) is 4.19. The number of hydrogen-bond acceptors (Lipinski definition) is 4. The van der Waals surface area contributed by atoms with Gasteiger partial charge in [-0.05, 0) is 43.5 Å². The maximum Gasteiger partial charge on any atom is 0.191 e. The molecular weight excluding hydrogens is 431 g/mol. The van der Waals surface area contributed by atoms with Crippen LogP contribution >= 0.6 is 24.0 Å². The predicted molar refractivity (Wildman–Crippen MR) is 113 cm³/mol. The molecule has 0 saturated carbocycles. The Bertz CT molecular complexity index is 576. The van der Waals surface area contributed by atoms with Crippen molar-refractivity contribution >= 4 is 29.9 Å². The summed E-state index contributed by atoms with van der Waals surface area (Å²) in [4.78, 5) is 8.99. The summed E-state index contributed by atoms with van der Waals surface area (Å²) in [6.07, 6.45) is 1.02. The number of halogens is 1. The second-order valence-corrected chi connectivity index (χ2v) is 5.91. The minimum atomic E-state index is 0. The second kappa shape index (κ2) is 10.7. The van der Waals surface area contributed by atoms with Crippen LogP contribution in [0.4, 0.5) is 0 Å². The summed E-state index contributed by atoms with van der Waals surface area (Å²) in [6.45, 7) is 9.56. The van der Waals surface area contributed by atoms with Crippen LogP contribution in [-0.4, -0.2) is 62.7 Å². The van der Waals surface area contributed by atoms with Crippen LogP contribution in [0.15, 0.2) is 17.1 Å². The van der Waals surface area contributed by atoms with Crippen molar-refractivity contribution in [3.8, 4) is 11.5 Å². The molecule has 2 N–H and O–H groups in total. The lowest BCUT2D eigenvalue weighted by Gasteiger charge is -2.29. The average Bonchev–Trinajstić information content (AvgIpc) is 2.61. The molecule has 0 saturated heterocycles. The number of ether oxygens (including phenoxy) is 2. The molecule has 0 aliphatic carbocycles. The third kappa shape index (κ3) is 5.64. The fourth-order valence-corrected chi connectivity index (χ4v) is 3.09. The van der Waals surface area contributed by atoms with Gasteiger partial charge in [-0.25, -0.2) is 0 Å². The molecule has 0 spiro atoms. The molecule has 1 aliphatic rings. The molecule has 0 atom stereocenters. The first-order chi connectivity index (χ1) is 11.6. The molecule has 1 heterocycles. The van der Waals surface area contributed by atoms with E-state index in [0.717, 1.165) is 57.2 Å². The summed E-state index contributed by atoms with van der Waals surface area (Å²) >= 11 is 0. The first kappa shape index (κ1) is 21.8. The van der Waals surface area contributed by atoms with Gasteiger partial charge in [0.1, 0.15) is 0 Å². The van der Waals surface area contributed by atoms with Crippen LogP contribution in [0.1, 0.15) is 25.0 Å². The molecular formula is C18H31IN4O2. The zero-order chi connectivity index (χ0) is 17.5. The largest absolute Gasteiger partial charge is 0.493 e. The lowest BCUT2D eigenvalue weighted by atomic mass is 9.99. The number of nitrogens with two attached hydrogens (primary N) is 1.